The largest absolute Gasteiger partial charge is 0.370 e. The number of aromatic nitrogens is 2. The minimum atomic E-state index is 0. The van der Waals surface area contributed by atoms with Crippen molar-refractivity contribution in [3.05, 3.63) is 53.3 Å². The van der Waals surface area contributed by atoms with E-state index in [4.69, 9.17) is 9.73 Å². The van der Waals surface area contributed by atoms with Crippen molar-refractivity contribution in [2.75, 3.05) is 39.3 Å². The highest BCUT2D eigenvalue weighted by molar-refractivity contribution is 14.0. The fourth-order valence-electron chi connectivity index (χ4n) is 3.77. The smallest absolute Gasteiger partial charge is 0.194 e. The van der Waals surface area contributed by atoms with E-state index in [1.807, 2.05) is 24.1 Å². The van der Waals surface area contributed by atoms with Gasteiger partial charge in [-0.1, -0.05) is 38.1 Å². The molecule has 1 aliphatic heterocycles. The summed E-state index contributed by atoms with van der Waals surface area (Å²) in [6.45, 7) is 13.5. The Labute approximate surface area is 203 Å². The van der Waals surface area contributed by atoms with Crippen LogP contribution in [0.4, 0.5) is 0 Å². The second kappa shape index (κ2) is 13.0. The van der Waals surface area contributed by atoms with E-state index in [-0.39, 0.29) is 30.1 Å². The maximum Gasteiger partial charge on any atom is 0.194 e. The standard InChI is InChI=1S/C23H36N6O.HI/c1-5-24-23(29-11-12-30-22(18-29)21-15-26-27(4)17-21)25-14-19-9-8-10-20(13-19)16-28(6-2)7-3;/h8-10,13,15,17,22H,5-7,11-12,14,16,18H2,1-4H3,(H,24,25);1H. The minimum Gasteiger partial charge on any atom is -0.370 e. The molecule has 31 heavy (non-hydrogen) atoms. The molecule has 3 rings (SSSR count). The number of hydrogen-bond acceptors (Lipinski definition) is 4. The number of rotatable bonds is 8. The fraction of sp³-hybridized carbons (Fsp3) is 0.565. The molecule has 1 atom stereocenters. The molecule has 1 aliphatic rings. The number of halogens is 1. The lowest BCUT2D eigenvalue weighted by Gasteiger charge is -2.34. The van der Waals surface area contributed by atoms with Crippen molar-refractivity contribution in [3.8, 4) is 0 Å². The molecule has 0 radical (unpaired) electrons. The molecule has 1 N–H and O–H groups in total. The number of morpholine rings is 1. The number of nitrogens with one attached hydrogen (secondary N) is 1. The summed E-state index contributed by atoms with van der Waals surface area (Å²) >= 11 is 0. The zero-order valence-electron chi connectivity index (χ0n) is 19.3. The van der Waals surface area contributed by atoms with Crippen LogP contribution in [0.5, 0.6) is 0 Å². The van der Waals surface area contributed by atoms with Crippen molar-refractivity contribution in [3.63, 3.8) is 0 Å². The van der Waals surface area contributed by atoms with Gasteiger partial charge in [-0.25, -0.2) is 4.99 Å². The normalized spacial score (nSPS) is 17.0. The lowest BCUT2D eigenvalue weighted by atomic mass is 10.1. The Bertz CT molecular complexity index is 820. The van der Waals surface area contributed by atoms with Gasteiger partial charge >= 0.3 is 0 Å². The number of nitrogens with zero attached hydrogens (tertiary/aromatic N) is 5. The van der Waals surface area contributed by atoms with Gasteiger partial charge in [-0.05, 0) is 31.1 Å². The van der Waals surface area contributed by atoms with Crippen LogP contribution >= 0.6 is 24.0 Å². The van der Waals surface area contributed by atoms with Crippen molar-refractivity contribution in [2.45, 2.75) is 40.0 Å². The lowest BCUT2D eigenvalue weighted by molar-refractivity contribution is -0.00805. The van der Waals surface area contributed by atoms with E-state index in [9.17, 15) is 0 Å². The Kier molecular flexibility index (Phi) is 10.8. The van der Waals surface area contributed by atoms with Crippen molar-refractivity contribution in [2.24, 2.45) is 12.0 Å². The van der Waals surface area contributed by atoms with Crippen LogP contribution in [0.25, 0.3) is 0 Å². The van der Waals surface area contributed by atoms with Gasteiger partial charge in [-0.15, -0.1) is 24.0 Å². The SMILES string of the molecule is CCNC(=NCc1cccc(CN(CC)CC)c1)N1CCOC(c2cnn(C)c2)C1.I. The monoisotopic (exact) mass is 540 g/mol. The summed E-state index contributed by atoms with van der Waals surface area (Å²) in [5.41, 5.74) is 3.70. The Hall–Kier alpha value is -1.65. The molecule has 1 saturated heterocycles. The van der Waals surface area contributed by atoms with Crippen LogP contribution in [-0.2, 0) is 24.9 Å². The van der Waals surface area contributed by atoms with Crippen LogP contribution in [0.15, 0.2) is 41.7 Å². The van der Waals surface area contributed by atoms with Crippen molar-refractivity contribution in [1.82, 2.24) is 24.9 Å². The van der Waals surface area contributed by atoms with Gasteiger partial charge in [0, 0.05) is 38.4 Å². The summed E-state index contributed by atoms with van der Waals surface area (Å²) in [6.07, 6.45) is 3.94. The zero-order chi connectivity index (χ0) is 21.3. The molecule has 8 heteroatoms. The van der Waals surface area contributed by atoms with E-state index in [0.717, 1.165) is 50.8 Å². The molecule has 0 amide bonds. The van der Waals surface area contributed by atoms with Crippen LogP contribution < -0.4 is 5.32 Å². The molecule has 1 fully saturated rings. The Morgan fingerprint density at radius 2 is 2.03 bits per heavy atom. The molecular formula is C23H37IN6O. The molecular weight excluding hydrogens is 503 g/mol. The van der Waals surface area contributed by atoms with Crippen LogP contribution in [0.3, 0.4) is 0 Å². The van der Waals surface area contributed by atoms with Gasteiger partial charge < -0.3 is 15.0 Å². The summed E-state index contributed by atoms with van der Waals surface area (Å²) < 4.78 is 7.81. The van der Waals surface area contributed by atoms with E-state index in [1.54, 1.807) is 0 Å². The summed E-state index contributed by atoms with van der Waals surface area (Å²) in [4.78, 5) is 9.67. The summed E-state index contributed by atoms with van der Waals surface area (Å²) in [7, 11) is 1.93. The second-order valence-electron chi connectivity index (χ2n) is 7.70. The fourth-order valence-corrected chi connectivity index (χ4v) is 3.77. The van der Waals surface area contributed by atoms with Gasteiger partial charge in [0.15, 0.2) is 5.96 Å². The van der Waals surface area contributed by atoms with Crippen LogP contribution in [0.1, 0.15) is 43.6 Å². The number of guanidine groups is 1. The highest BCUT2D eigenvalue weighted by Crippen LogP contribution is 2.21. The maximum atomic E-state index is 5.99. The van der Waals surface area contributed by atoms with Gasteiger partial charge in [0.25, 0.3) is 0 Å². The Morgan fingerprint density at radius 1 is 1.26 bits per heavy atom. The van der Waals surface area contributed by atoms with Gasteiger partial charge in [-0.3, -0.25) is 9.58 Å². The molecule has 2 heterocycles. The number of ether oxygens (including phenoxy) is 1. The van der Waals surface area contributed by atoms with E-state index in [1.165, 1.54) is 11.1 Å². The summed E-state index contributed by atoms with van der Waals surface area (Å²) in [5, 5.41) is 7.74. The first-order valence-electron chi connectivity index (χ1n) is 11.1. The van der Waals surface area contributed by atoms with Gasteiger partial charge in [0.1, 0.15) is 6.10 Å². The zero-order valence-corrected chi connectivity index (χ0v) is 21.6. The molecule has 2 aromatic rings. The molecule has 1 aromatic heterocycles. The van der Waals surface area contributed by atoms with Crippen molar-refractivity contribution >= 4 is 29.9 Å². The van der Waals surface area contributed by atoms with Gasteiger partial charge in [-0.2, -0.15) is 5.10 Å². The molecule has 7 nitrogen and oxygen atoms in total. The molecule has 1 unspecified atom stereocenters. The number of aryl methyl sites for hydroxylation is 1. The lowest BCUT2D eigenvalue weighted by Crippen LogP contribution is -2.48. The number of benzene rings is 1. The third-order valence-electron chi connectivity index (χ3n) is 5.50. The third-order valence-corrected chi connectivity index (χ3v) is 5.50. The quantitative estimate of drug-likeness (QED) is 0.316. The van der Waals surface area contributed by atoms with Gasteiger partial charge in [0.2, 0.25) is 0 Å². The molecule has 0 bridgehead atoms. The first-order valence-corrected chi connectivity index (χ1v) is 11.1. The molecule has 0 saturated carbocycles. The van der Waals surface area contributed by atoms with Crippen molar-refractivity contribution in [1.29, 1.82) is 0 Å². The minimum absolute atomic E-state index is 0. The Balaban J connectivity index is 0.00000341. The number of hydrogen-bond donors (Lipinski definition) is 1. The predicted molar refractivity (Wildman–Crippen MR) is 137 cm³/mol. The van der Waals surface area contributed by atoms with Crippen LogP contribution in [0, 0.1) is 0 Å². The second-order valence-corrected chi connectivity index (χ2v) is 7.70. The highest BCUT2D eigenvalue weighted by atomic mass is 127. The maximum absolute atomic E-state index is 5.99. The van der Waals surface area contributed by atoms with E-state index in [0.29, 0.717) is 13.2 Å². The topological polar surface area (TPSA) is 57.9 Å². The van der Waals surface area contributed by atoms with E-state index < -0.39 is 0 Å². The molecule has 0 spiro atoms. The van der Waals surface area contributed by atoms with Crippen LogP contribution in [0.2, 0.25) is 0 Å². The summed E-state index contributed by atoms with van der Waals surface area (Å²) in [5.74, 6) is 0.948. The van der Waals surface area contributed by atoms with Crippen molar-refractivity contribution < 1.29 is 4.74 Å². The molecule has 0 aliphatic carbocycles. The first kappa shape index (κ1) is 25.6. The van der Waals surface area contributed by atoms with Gasteiger partial charge in [0.05, 0.1) is 25.9 Å². The van der Waals surface area contributed by atoms with Crippen LogP contribution in [-0.4, -0.2) is 64.9 Å². The average molecular weight is 540 g/mol. The molecule has 172 valence electrons. The average Bonchev–Trinajstić information content (AvgIpc) is 3.21. The third kappa shape index (κ3) is 7.47. The highest BCUT2D eigenvalue weighted by Gasteiger charge is 2.25. The summed E-state index contributed by atoms with van der Waals surface area (Å²) in [6, 6.07) is 8.79. The van der Waals surface area contributed by atoms with E-state index in [2.05, 4.69) is 65.3 Å². The number of aliphatic imine (C=N–C) groups is 1. The Morgan fingerprint density at radius 3 is 2.71 bits per heavy atom. The molecule has 1 aromatic carbocycles. The first-order chi connectivity index (χ1) is 14.6. The van der Waals surface area contributed by atoms with E-state index >= 15 is 0 Å². The predicted octanol–water partition coefficient (Wildman–Crippen LogP) is 3.42.